The van der Waals surface area contributed by atoms with E-state index in [0.717, 1.165) is 36.1 Å². The van der Waals surface area contributed by atoms with Gasteiger partial charge >= 0.3 is 5.97 Å². The summed E-state index contributed by atoms with van der Waals surface area (Å²) < 4.78 is 0. The fourth-order valence-electron chi connectivity index (χ4n) is 5.84. The lowest BCUT2D eigenvalue weighted by atomic mass is 9.66. The van der Waals surface area contributed by atoms with Crippen LogP contribution in [0.5, 0.6) is 0 Å². The molecule has 3 aromatic rings. The van der Waals surface area contributed by atoms with Crippen molar-refractivity contribution >= 4 is 35.1 Å². The molecule has 7 heteroatoms. The first-order valence-corrected chi connectivity index (χ1v) is 13.5. The second-order valence-corrected chi connectivity index (χ2v) is 11.5. The first kappa shape index (κ1) is 25.7. The molecule has 0 spiro atoms. The Morgan fingerprint density at radius 3 is 2.43 bits per heavy atom. The van der Waals surface area contributed by atoms with Crippen LogP contribution in [0.15, 0.2) is 72.9 Å². The molecule has 2 aliphatic rings. The van der Waals surface area contributed by atoms with Crippen molar-refractivity contribution in [1.29, 1.82) is 0 Å². The highest BCUT2D eigenvalue weighted by Crippen LogP contribution is 2.55. The molecule has 1 saturated heterocycles. The molecule has 2 heterocycles. The Balaban J connectivity index is 1.72. The number of benzene rings is 2. The van der Waals surface area contributed by atoms with Crippen molar-refractivity contribution in [2.45, 2.75) is 57.0 Å². The number of hydrogen-bond acceptors (Lipinski definition) is 3. The van der Waals surface area contributed by atoms with Crippen LogP contribution in [0.25, 0.3) is 0 Å². The Hall–Kier alpha value is -2.89. The average Bonchev–Trinajstić information content (AvgIpc) is 3.69. The normalized spacial score (nSPS) is 24.6. The number of aromatic nitrogens is 1. The molecule has 1 N–H and O–H groups in total. The van der Waals surface area contributed by atoms with E-state index >= 15 is 0 Å². The number of rotatable bonds is 8. The SMILES string of the molecule is C[C@]1(CC(=O)O)C[C@H](c2cccc(Cl)c2)[C@@H](c2ccc(Cl)cc2)N([C@H](CC2CC2)c2ccccn2)C1=O. The van der Waals surface area contributed by atoms with E-state index in [-0.39, 0.29) is 30.3 Å². The molecule has 2 fully saturated rings. The maximum Gasteiger partial charge on any atom is 0.304 e. The smallest absolute Gasteiger partial charge is 0.304 e. The molecule has 37 heavy (non-hydrogen) atoms. The average molecular weight is 537 g/mol. The summed E-state index contributed by atoms with van der Waals surface area (Å²) in [6.45, 7) is 1.79. The zero-order valence-corrected chi connectivity index (χ0v) is 22.2. The number of carbonyl (C=O) groups is 2. The zero-order chi connectivity index (χ0) is 26.2. The Bertz CT molecular complexity index is 1280. The van der Waals surface area contributed by atoms with E-state index in [0.29, 0.717) is 22.4 Å². The van der Waals surface area contributed by atoms with Crippen molar-refractivity contribution < 1.29 is 14.7 Å². The third-order valence-electron chi connectivity index (χ3n) is 7.75. The molecule has 4 atom stereocenters. The number of likely N-dealkylation sites (tertiary alicyclic amines) is 1. The van der Waals surface area contributed by atoms with E-state index < -0.39 is 11.4 Å². The van der Waals surface area contributed by atoms with Gasteiger partial charge in [0.05, 0.1) is 29.6 Å². The van der Waals surface area contributed by atoms with Gasteiger partial charge in [0.25, 0.3) is 0 Å². The highest BCUT2D eigenvalue weighted by Gasteiger charge is 2.53. The molecule has 0 unspecified atom stereocenters. The molecule has 1 aliphatic carbocycles. The largest absolute Gasteiger partial charge is 0.481 e. The van der Waals surface area contributed by atoms with Gasteiger partial charge in [0, 0.05) is 22.2 Å². The summed E-state index contributed by atoms with van der Waals surface area (Å²) in [6.07, 6.45) is 4.94. The summed E-state index contributed by atoms with van der Waals surface area (Å²) in [5, 5.41) is 11.1. The fourth-order valence-corrected chi connectivity index (χ4v) is 6.17. The highest BCUT2D eigenvalue weighted by molar-refractivity contribution is 6.30. The molecule has 1 saturated carbocycles. The minimum atomic E-state index is -1.08. The minimum absolute atomic E-state index is 0.149. The molecule has 1 aliphatic heterocycles. The first-order chi connectivity index (χ1) is 17.7. The van der Waals surface area contributed by atoms with Crippen LogP contribution in [-0.4, -0.2) is 26.9 Å². The molecule has 5 rings (SSSR count). The number of carbonyl (C=O) groups excluding carboxylic acids is 1. The molecule has 2 aromatic carbocycles. The van der Waals surface area contributed by atoms with Crippen LogP contribution in [-0.2, 0) is 9.59 Å². The quantitative estimate of drug-likeness (QED) is 0.324. The van der Waals surface area contributed by atoms with Gasteiger partial charge in [0.2, 0.25) is 5.91 Å². The summed E-state index contributed by atoms with van der Waals surface area (Å²) in [6, 6.07) is 20.5. The van der Waals surface area contributed by atoms with Crippen LogP contribution in [0, 0.1) is 11.3 Å². The number of nitrogens with zero attached hydrogens (tertiary/aromatic N) is 2. The predicted octanol–water partition coefficient (Wildman–Crippen LogP) is 7.47. The zero-order valence-electron chi connectivity index (χ0n) is 20.7. The van der Waals surface area contributed by atoms with Crippen molar-refractivity contribution in [2.24, 2.45) is 11.3 Å². The number of amides is 1. The lowest BCUT2D eigenvalue weighted by Gasteiger charge is -2.52. The standard InChI is InChI=1S/C30H30Cl2N2O3/c1-30(18-27(35)36)17-24(21-5-4-6-23(32)16-21)28(20-10-12-22(31)13-11-20)34(29(30)37)26(15-19-8-9-19)25-7-2-3-14-33-25/h2-7,10-14,16,19,24,26,28H,8-9,15,17-18H2,1H3,(H,35,36)/t24-,26-,28-,30-/m1/s1. The molecular formula is C30H30Cl2N2O3. The molecule has 1 amide bonds. The maximum absolute atomic E-state index is 14.5. The second kappa shape index (κ2) is 10.5. The summed E-state index contributed by atoms with van der Waals surface area (Å²) in [7, 11) is 0. The van der Waals surface area contributed by atoms with Crippen molar-refractivity contribution in [1.82, 2.24) is 9.88 Å². The van der Waals surface area contributed by atoms with Crippen LogP contribution >= 0.6 is 23.2 Å². The van der Waals surface area contributed by atoms with Crippen molar-refractivity contribution in [3.8, 4) is 0 Å². The molecule has 192 valence electrons. The van der Waals surface area contributed by atoms with Crippen molar-refractivity contribution in [3.63, 3.8) is 0 Å². The Morgan fingerprint density at radius 2 is 1.81 bits per heavy atom. The molecule has 0 bridgehead atoms. The van der Waals surface area contributed by atoms with Crippen LogP contribution < -0.4 is 0 Å². The minimum Gasteiger partial charge on any atom is -0.481 e. The topological polar surface area (TPSA) is 70.5 Å². The van der Waals surface area contributed by atoms with Gasteiger partial charge in [-0.05, 0) is 66.3 Å². The van der Waals surface area contributed by atoms with Crippen LogP contribution in [0.3, 0.4) is 0 Å². The summed E-state index contributed by atoms with van der Waals surface area (Å²) >= 11 is 12.7. The lowest BCUT2D eigenvalue weighted by Crippen LogP contribution is -2.53. The number of carboxylic acids is 1. The third kappa shape index (κ3) is 5.53. The van der Waals surface area contributed by atoms with Gasteiger partial charge in [-0.2, -0.15) is 0 Å². The fraction of sp³-hybridized carbons (Fsp3) is 0.367. The van der Waals surface area contributed by atoms with Gasteiger partial charge < -0.3 is 10.0 Å². The van der Waals surface area contributed by atoms with Crippen molar-refractivity contribution in [2.75, 3.05) is 0 Å². The number of hydrogen-bond donors (Lipinski definition) is 1. The van der Waals surface area contributed by atoms with E-state index in [4.69, 9.17) is 23.2 Å². The van der Waals surface area contributed by atoms with Gasteiger partial charge in [-0.1, -0.05) is 73.3 Å². The van der Waals surface area contributed by atoms with Gasteiger partial charge in [-0.3, -0.25) is 14.6 Å². The van der Waals surface area contributed by atoms with Gasteiger partial charge in [-0.25, -0.2) is 0 Å². The first-order valence-electron chi connectivity index (χ1n) is 12.7. The third-order valence-corrected chi connectivity index (χ3v) is 8.24. The number of pyridine rings is 1. The summed E-state index contributed by atoms with van der Waals surface area (Å²) in [4.78, 5) is 33.1. The Labute approximate surface area is 227 Å². The van der Waals surface area contributed by atoms with Crippen LogP contribution in [0.4, 0.5) is 0 Å². The van der Waals surface area contributed by atoms with E-state index in [2.05, 4.69) is 4.98 Å². The summed E-state index contributed by atoms with van der Waals surface area (Å²) in [5.74, 6) is -0.790. The predicted molar refractivity (Wildman–Crippen MR) is 145 cm³/mol. The van der Waals surface area contributed by atoms with Crippen LogP contribution in [0.2, 0.25) is 10.0 Å². The Morgan fingerprint density at radius 1 is 1.05 bits per heavy atom. The number of halogens is 2. The van der Waals surface area contributed by atoms with Crippen LogP contribution in [0.1, 0.15) is 73.9 Å². The number of carboxylic acid groups (broad SMARTS) is 1. The maximum atomic E-state index is 14.5. The monoisotopic (exact) mass is 536 g/mol. The molecule has 5 nitrogen and oxygen atoms in total. The van der Waals surface area contributed by atoms with E-state index in [1.807, 2.05) is 71.6 Å². The van der Waals surface area contributed by atoms with Gasteiger partial charge in [0.1, 0.15) is 0 Å². The van der Waals surface area contributed by atoms with Crippen molar-refractivity contribution in [3.05, 3.63) is 99.8 Å². The second-order valence-electron chi connectivity index (χ2n) is 10.7. The van der Waals surface area contributed by atoms with E-state index in [1.54, 1.807) is 13.1 Å². The van der Waals surface area contributed by atoms with Gasteiger partial charge in [-0.15, -0.1) is 0 Å². The molecular weight excluding hydrogens is 507 g/mol. The molecule has 1 aromatic heterocycles. The summed E-state index contributed by atoms with van der Waals surface area (Å²) in [5.41, 5.74) is 1.67. The Kier molecular flexibility index (Phi) is 7.28. The number of piperidine rings is 1. The molecule has 0 radical (unpaired) electrons. The number of aliphatic carboxylic acids is 1. The highest BCUT2D eigenvalue weighted by atomic mass is 35.5. The lowest BCUT2D eigenvalue weighted by molar-refractivity contribution is -0.161. The van der Waals surface area contributed by atoms with Gasteiger partial charge in [0.15, 0.2) is 0 Å². The van der Waals surface area contributed by atoms with E-state index in [9.17, 15) is 14.7 Å². The van der Waals surface area contributed by atoms with E-state index in [1.165, 1.54) is 0 Å².